The SMILES string of the molecule is c1ccc(-n2c3ccccc3c3cc(N(c4ccc(-c5cccc6ccccc56)cc4)c4ccc(N(c5ccc(-c6cccc7ccccc67)cc5)c5ccc6c(c5)c5ccccc5n6-c5ccccc5)c5occc45)ccc32)cc1. The summed E-state index contributed by atoms with van der Waals surface area (Å²) < 4.78 is 11.6. The average Bonchev–Trinajstić information content (AvgIpc) is 4.48. The smallest absolute Gasteiger partial charge is 0.159 e. The third-order valence-corrected chi connectivity index (χ3v) is 16.4. The van der Waals surface area contributed by atoms with Crippen LogP contribution >= 0.6 is 0 Å². The van der Waals surface area contributed by atoms with Crippen LogP contribution in [0, 0.1) is 0 Å². The van der Waals surface area contributed by atoms with E-state index in [1.54, 1.807) is 0 Å². The number of fused-ring (bicyclic) bond motifs is 9. The van der Waals surface area contributed by atoms with Crippen LogP contribution in [0.2, 0.25) is 0 Å². The van der Waals surface area contributed by atoms with E-state index in [0.717, 1.165) is 89.7 Å². The lowest BCUT2D eigenvalue weighted by Gasteiger charge is -2.29. The summed E-state index contributed by atoms with van der Waals surface area (Å²) in [6.45, 7) is 0. The fourth-order valence-corrected chi connectivity index (χ4v) is 12.7. The predicted molar refractivity (Wildman–Crippen MR) is 340 cm³/mol. The molecule has 0 aliphatic rings. The highest BCUT2D eigenvalue weighted by Crippen LogP contribution is 2.49. The molecule has 0 saturated carbocycles. The minimum atomic E-state index is 0.775. The molecule has 0 spiro atoms. The van der Waals surface area contributed by atoms with Crippen LogP contribution in [-0.2, 0) is 0 Å². The summed E-state index contributed by atoms with van der Waals surface area (Å²) >= 11 is 0. The molecular formula is C76H50N4O. The lowest BCUT2D eigenvalue weighted by atomic mass is 9.98. The Morgan fingerprint density at radius 1 is 0.259 bits per heavy atom. The largest absolute Gasteiger partial charge is 0.462 e. The molecule has 0 aliphatic heterocycles. The van der Waals surface area contributed by atoms with Gasteiger partial charge >= 0.3 is 0 Å². The molecule has 5 nitrogen and oxygen atoms in total. The summed E-state index contributed by atoms with van der Waals surface area (Å²) in [5.41, 5.74) is 18.4. The Balaban J connectivity index is 0.896. The molecule has 0 unspecified atom stereocenters. The standard InChI is InChI=1S/C76H50N4O/c1-3-21-55(22-4-1)79-70-31-13-11-27-65(70)68-49-59(41-43-73(68)79)77(57-37-33-53(34-38-57)63-29-15-19-51-17-7-9-25-61(51)63)72-45-46-75(76-67(72)47-48-81-76)78(58-39-35-54(36-40-58)64-30-16-20-52-18-8-10-26-62(52)64)60-42-44-74-69(50-60)66-28-12-14-32-71(66)80(74)56-23-5-2-6-24-56/h1-50H. The van der Waals surface area contributed by atoms with Gasteiger partial charge in [0.05, 0.1) is 39.7 Å². The summed E-state index contributed by atoms with van der Waals surface area (Å²) in [7, 11) is 0. The molecule has 0 bridgehead atoms. The van der Waals surface area contributed by atoms with Gasteiger partial charge < -0.3 is 23.4 Å². The molecule has 0 amide bonds. The van der Waals surface area contributed by atoms with Crippen molar-refractivity contribution in [2.24, 2.45) is 0 Å². The van der Waals surface area contributed by atoms with Crippen LogP contribution in [0.15, 0.2) is 308 Å². The van der Waals surface area contributed by atoms with Gasteiger partial charge in [0.15, 0.2) is 5.58 Å². The van der Waals surface area contributed by atoms with Crippen LogP contribution in [0.5, 0.6) is 0 Å². The molecule has 0 atom stereocenters. The Morgan fingerprint density at radius 2 is 0.654 bits per heavy atom. The van der Waals surface area contributed by atoms with Gasteiger partial charge in [-0.05, 0) is 159 Å². The Bertz CT molecular complexity index is 4720. The molecule has 0 saturated heterocycles. The zero-order chi connectivity index (χ0) is 53.4. The van der Waals surface area contributed by atoms with Gasteiger partial charge in [-0.1, -0.05) is 182 Å². The molecule has 3 aromatic heterocycles. The van der Waals surface area contributed by atoms with E-state index < -0.39 is 0 Å². The topological polar surface area (TPSA) is 29.5 Å². The second kappa shape index (κ2) is 18.9. The van der Waals surface area contributed by atoms with Crippen molar-refractivity contribution in [2.75, 3.05) is 9.80 Å². The van der Waals surface area contributed by atoms with Crippen molar-refractivity contribution < 1.29 is 4.42 Å². The van der Waals surface area contributed by atoms with Crippen molar-refractivity contribution in [3.8, 4) is 33.6 Å². The summed E-state index contributed by atoms with van der Waals surface area (Å²) in [4.78, 5) is 4.76. The number of hydrogen-bond acceptors (Lipinski definition) is 3. The van der Waals surface area contributed by atoms with Crippen molar-refractivity contribution in [1.82, 2.24) is 9.13 Å². The van der Waals surface area contributed by atoms with E-state index in [1.807, 2.05) is 6.26 Å². The highest BCUT2D eigenvalue weighted by atomic mass is 16.3. The summed E-state index contributed by atoms with van der Waals surface area (Å²) in [6, 6.07) is 108. The fraction of sp³-hybridized carbons (Fsp3) is 0. The highest BCUT2D eigenvalue weighted by Gasteiger charge is 2.25. The first kappa shape index (κ1) is 46.2. The minimum absolute atomic E-state index is 0.775. The van der Waals surface area contributed by atoms with Crippen molar-refractivity contribution >= 4 is 110 Å². The molecule has 81 heavy (non-hydrogen) atoms. The molecule has 380 valence electrons. The second-order valence-corrected chi connectivity index (χ2v) is 20.9. The molecule has 0 fully saturated rings. The number of benzene rings is 13. The quantitative estimate of drug-likeness (QED) is 0.137. The molecule has 5 heteroatoms. The summed E-state index contributed by atoms with van der Waals surface area (Å²) in [5, 5.41) is 10.6. The maximum Gasteiger partial charge on any atom is 0.159 e. The monoisotopic (exact) mass is 1030 g/mol. The molecule has 0 aliphatic carbocycles. The Morgan fingerprint density at radius 3 is 1.16 bits per heavy atom. The minimum Gasteiger partial charge on any atom is -0.462 e. The number of anilines is 6. The van der Waals surface area contributed by atoms with E-state index in [2.05, 4.69) is 316 Å². The molecular weight excluding hydrogens is 985 g/mol. The number of rotatable bonds is 10. The van der Waals surface area contributed by atoms with Crippen LogP contribution < -0.4 is 9.80 Å². The normalized spacial score (nSPS) is 11.7. The number of para-hydroxylation sites is 4. The summed E-state index contributed by atoms with van der Waals surface area (Å²) in [6.07, 6.45) is 1.84. The maximum absolute atomic E-state index is 6.82. The lowest BCUT2D eigenvalue weighted by molar-refractivity contribution is 0.616. The van der Waals surface area contributed by atoms with E-state index in [0.29, 0.717) is 0 Å². The van der Waals surface area contributed by atoms with Gasteiger partial charge in [-0.15, -0.1) is 0 Å². The van der Waals surface area contributed by atoms with Crippen LogP contribution in [0.25, 0.3) is 110 Å². The van der Waals surface area contributed by atoms with E-state index >= 15 is 0 Å². The lowest BCUT2D eigenvalue weighted by Crippen LogP contribution is -2.13. The Kier molecular flexibility index (Phi) is 10.8. The molecule has 3 heterocycles. The van der Waals surface area contributed by atoms with Gasteiger partial charge in [0.2, 0.25) is 0 Å². The van der Waals surface area contributed by atoms with Crippen molar-refractivity contribution in [2.45, 2.75) is 0 Å². The number of aromatic nitrogens is 2. The number of nitrogens with zero attached hydrogens (tertiary/aromatic N) is 4. The molecule has 0 radical (unpaired) electrons. The zero-order valence-corrected chi connectivity index (χ0v) is 44.1. The van der Waals surface area contributed by atoms with Crippen molar-refractivity contribution in [3.63, 3.8) is 0 Å². The first-order valence-electron chi connectivity index (χ1n) is 27.6. The van der Waals surface area contributed by atoms with Crippen LogP contribution in [-0.4, -0.2) is 9.13 Å². The zero-order valence-electron chi connectivity index (χ0n) is 44.1. The second-order valence-electron chi connectivity index (χ2n) is 20.9. The molecule has 16 aromatic rings. The highest BCUT2D eigenvalue weighted by molar-refractivity contribution is 6.14. The molecule has 0 N–H and O–H groups in total. The van der Waals surface area contributed by atoms with E-state index in [9.17, 15) is 0 Å². The third-order valence-electron chi connectivity index (χ3n) is 16.4. The van der Waals surface area contributed by atoms with Gasteiger partial charge in [0.1, 0.15) is 0 Å². The molecule has 13 aromatic carbocycles. The number of furan rings is 1. The van der Waals surface area contributed by atoms with Crippen LogP contribution in [0.4, 0.5) is 34.1 Å². The van der Waals surface area contributed by atoms with Gasteiger partial charge in [-0.25, -0.2) is 0 Å². The third kappa shape index (κ3) is 7.62. The number of hydrogen-bond donors (Lipinski definition) is 0. The fourth-order valence-electron chi connectivity index (χ4n) is 12.7. The Hall–Kier alpha value is -10.9. The Labute approximate surface area is 468 Å². The summed E-state index contributed by atoms with van der Waals surface area (Å²) in [5.74, 6) is 0. The van der Waals surface area contributed by atoms with E-state index in [-0.39, 0.29) is 0 Å². The molecule has 16 rings (SSSR count). The van der Waals surface area contributed by atoms with E-state index in [1.165, 1.54) is 54.2 Å². The van der Waals surface area contributed by atoms with Gasteiger partial charge in [0, 0.05) is 61.1 Å². The van der Waals surface area contributed by atoms with Crippen LogP contribution in [0.1, 0.15) is 0 Å². The van der Waals surface area contributed by atoms with Gasteiger partial charge in [-0.2, -0.15) is 0 Å². The maximum atomic E-state index is 6.82. The van der Waals surface area contributed by atoms with Crippen molar-refractivity contribution in [1.29, 1.82) is 0 Å². The predicted octanol–water partition coefficient (Wildman–Crippen LogP) is 21.2. The van der Waals surface area contributed by atoms with Gasteiger partial charge in [-0.3, -0.25) is 0 Å². The van der Waals surface area contributed by atoms with Crippen molar-refractivity contribution in [3.05, 3.63) is 304 Å². The average molecular weight is 1040 g/mol. The first-order chi connectivity index (χ1) is 40.2. The van der Waals surface area contributed by atoms with Crippen LogP contribution in [0.3, 0.4) is 0 Å². The van der Waals surface area contributed by atoms with E-state index in [4.69, 9.17) is 4.42 Å². The van der Waals surface area contributed by atoms with Gasteiger partial charge in [0.25, 0.3) is 0 Å². The first-order valence-corrected chi connectivity index (χ1v) is 27.6.